The van der Waals surface area contributed by atoms with Crippen molar-refractivity contribution in [2.24, 2.45) is 4.99 Å². The van der Waals surface area contributed by atoms with Crippen LogP contribution in [0.1, 0.15) is 17.1 Å². The number of hydrogen-bond acceptors (Lipinski definition) is 4. The third-order valence-corrected chi connectivity index (χ3v) is 5.89. The van der Waals surface area contributed by atoms with Gasteiger partial charge in [0.2, 0.25) is 0 Å². The van der Waals surface area contributed by atoms with Gasteiger partial charge >= 0.3 is 0 Å². The standard InChI is InChI=1S/C20H26N4OS.HI/c1-2-11-23(10-1)17-8-12-24(16-17)20(22-15-19-6-4-14-26-19)21-9-7-18-5-3-13-25-18;/h1-6,13-14,17H,7-12,15-16H2,(H,21,22);1H. The Bertz CT molecular complexity index is 721. The second-order valence-corrected chi connectivity index (χ2v) is 7.82. The van der Waals surface area contributed by atoms with Crippen LogP contribution in [0.4, 0.5) is 0 Å². The van der Waals surface area contributed by atoms with E-state index in [2.05, 4.69) is 44.8 Å². The minimum absolute atomic E-state index is 0. The first-order valence-corrected chi connectivity index (χ1v) is 10.2. The largest absolute Gasteiger partial charge is 0.469 e. The highest BCUT2D eigenvalue weighted by molar-refractivity contribution is 14.0. The molecule has 0 aliphatic carbocycles. The van der Waals surface area contributed by atoms with Crippen LogP contribution in [-0.4, -0.2) is 54.5 Å². The van der Waals surface area contributed by atoms with Crippen LogP contribution in [0, 0.1) is 0 Å². The number of thiophene rings is 1. The first kappa shape index (κ1) is 20.4. The smallest absolute Gasteiger partial charge is 0.194 e. The molecular weight excluding hydrogens is 471 g/mol. The van der Waals surface area contributed by atoms with Gasteiger partial charge in [-0.25, -0.2) is 4.99 Å². The lowest BCUT2D eigenvalue weighted by Crippen LogP contribution is -2.43. The van der Waals surface area contributed by atoms with Gasteiger partial charge in [-0.1, -0.05) is 18.2 Å². The number of nitrogens with one attached hydrogen (secondary N) is 1. The van der Waals surface area contributed by atoms with Crippen molar-refractivity contribution in [3.63, 3.8) is 0 Å². The molecule has 0 amide bonds. The quantitative estimate of drug-likeness (QED) is 0.286. The predicted molar refractivity (Wildman–Crippen MR) is 122 cm³/mol. The van der Waals surface area contributed by atoms with Gasteiger partial charge in [0, 0.05) is 50.1 Å². The Balaban J connectivity index is 0.00000210. The van der Waals surface area contributed by atoms with Gasteiger partial charge in [0.15, 0.2) is 5.96 Å². The van der Waals surface area contributed by atoms with Gasteiger partial charge in [-0.15, -0.1) is 35.3 Å². The average Bonchev–Trinajstić information content (AvgIpc) is 3.45. The fraction of sp³-hybridized carbons (Fsp3) is 0.450. The summed E-state index contributed by atoms with van der Waals surface area (Å²) in [6, 6.07) is 8.83. The molecule has 2 aromatic rings. The van der Waals surface area contributed by atoms with E-state index in [1.165, 1.54) is 11.3 Å². The van der Waals surface area contributed by atoms with E-state index in [4.69, 9.17) is 9.41 Å². The number of guanidine groups is 1. The normalized spacial score (nSPS) is 20.2. The maximum absolute atomic E-state index is 5.44. The summed E-state index contributed by atoms with van der Waals surface area (Å²) in [5.41, 5.74) is 0. The number of halogens is 1. The van der Waals surface area contributed by atoms with Gasteiger partial charge in [0.05, 0.1) is 12.8 Å². The zero-order valence-electron chi connectivity index (χ0n) is 15.4. The Morgan fingerprint density at radius 3 is 2.89 bits per heavy atom. The van der Waals surface area contributed by atoms with E-state index in [0.29, 0.717) is 6.04 Å². The van der Waals surface area contributed by atoms with Crippen molar-refractivity contribution in [1.29, 1.82) is 0 Å². The summed E-state index contributed by atoms with van der Waals surface area (Å²) in [5, 5.41) is 5.67. The molecule has 0 bridgehead atoms. The fourth-order valence-corrected chi connectivity index (χ4v) is 4.23. The Kier molecular flexibility index (Phi) is 7.78. The van der Waals surface area contributed by atoms with Gasteiger partial charge < -0.3 is 14.6 Å². The molecule has 0 aromatic carbocycles. The molecule has 1 saturated heterocycles. The number of hydrogen-bond donors (Lipinski definition) is 1. The van der Waals surface area contributed by atoms with Crippen LogP contribution < -0.4 is 5.32 Å². The molecule has 0 spiro atoms. The second kappa shape index (κ2) is 10.3. The summed E-state index contributed by atoms with van der Waals surface area (Å²) in [5.74, 6) is 2.04. The summed E-state index contributed by atoms with van der Waals surface area (Å²) in [7, 11) is 0. The maximum Gasteiger partial charge on any atom is 0.194 e. The molecule has 1 unspecified atom stereocenters. The highest BCUT2D eigenvalue weighted by Crippen LogP contribution is 2.18. The van der Waals surface area contributed by atoms with Gasteiger partial charge in [-0.05, 0) is 30.0 Å². The van der Waals surface area contributed by atoms with E-state index in [0.717, 1.165) is 57.4 Å². The summed E-state index contributed by atoms with van der Waals surface area (Å²) in [4.78, 5) is 11.2. The molecule has 1 atom stereocenters. The Morgan fingerprint density at radius 1 is 1.26 bits per heavy atom. The van der Waals surface area contributed by atoms with E-state index in [9.17, 15) is 0 Å². The predicted octanol–water partition coefficient (Wildman–Crippen LogP) is 3.59. The summed E-state index contributed by atoms with van der Waals surface area (Å²) in [6.07, 6.45) is 8.36. The molecule has 0 radical (unpaired) electrons. The molecule has 27 heavy (non-hydrogen) atoms. The van der Waals surface area contributed by atoms with Gasteiger partial charge in [0.25, 0.3) is 0 Å². The molecule has 4 rings (SSSR count). The van der Waals surface area contributed by atoms with Crippen molar-refractivity contribution < 1.29 is 4.42 Å². The molecule has 7 heteroatoms. The first-order valence-electron chi connectivity index (χ1n) is 9.35. The van der Waals surface area contributed by atoms with Gasteiger partial charge in [0.1, 0.15) is 5.76 Å². The van der Waals surface area contributed by atoms with E-state index < -0.39 is 0 Å². The molecule has 146 valence electrons. The summed E-state index contributed by atoms with van der Waals surface area (Å²) >= 11 is 1.77. The molecule has 2 aromatic heterocycles. The zero-order valence-corrected chi connectivity index (χ0v) is 18.6. The van der Waals surface area contributed by atoms with Crippen LogP contribution in [0.3, 0.4) is 0 Å². The minimum Gasteiger partial charge on any atom is -0.469 e. The molecule has 2 aliphatic heterocycles. The van der Waals surface area contributed by atoms with Crippen LogP contribution in [0.25, 0.3) is 0 Å². The van der Waals surface area contributed by atoms with Crippen LogP contribution in [0.5, 0.6) is 0 Å². The molecule has 0 saturated carbocycles. The number of aliphatic imine (C=N–C) groups is 1. The lowest BCUT2D eigenvalue weighted by Gasteiger charge is -2.25. The van der Waals surface area contributed by atoms with Crippen molar-refractivity contribution in [2.75, 3.05) is 32.7 Å². The van der Waals surface area contributed by atoms with Crippen molar-refractivity contribution in [1.82, 2.24) is 15.1 Å². The summed E-state index contributed by atoms with van der Waals surface area (Å²) < 4.78 is 5.44. The van der Waals surface area contributed by atoms with Crippen LogP contribution in [-0.2, 0) is 13.0 Å². The molecule has 5 nitrogen and oxygen atoms in total. The van der Waals surface area contributed by atoms with Crippen molar-refractivity contribution in [2.45, 2.75) is 25.4 Å². The van der Waals surface area contributed by atoms with E-state index in [1.807, 2.05) is 12.1 Å². The Morgan fingerprint density at radius 2 is 2.15 bits per heavy atom. The Hall–Kier alpha value is -1.32. The average molecular weight is 498 g/mol. The number of nitrogens with zero attached hydrogens (tertiary/aromatic N) is 3. The Labute approximate surface area is 182 Å². The van der Waals surface area contributed by atoms with E-state index >= 15 is 0 Å². The second-order valence-electron chi connectivity index (χ2n) is 6.79. The van der Waals surface area contributed by atoms with Crippen molar-refractivity contribution in [3.05, 3.63) is 58.7 Å². The van der Waals surface area contributed by atoms with Crippen LogP contribution in [0.15, 0.2) is 57.5 Å². The highest BCUT2D eigenvalue weighted by Gasteiger charge is 2.29. The number of furan rings is 1. The van der Waals surface area contributed by atoms with Crippen LogP contribution in [0.2, 0.25) is 0 Å². The van der Waals surface area contributed by atoms with Gasteiger partial charge in [-0.2, -0.15) is 0 Å². The van der Waals surface area contributed by atoms with E-state index in [1.54, 1.807) is 17.6 Å². The third-order valence-electron chi connectivity index (χ3n) is 5.03. The fourth-order valence-electron chi connectivity index (χ4n) is 3.60. The van der Waals surface area contributed by atoms with Crippen molar-refractivity contribution in [3.8, 4) is 0 Å². The minimum atomic E-state index is 0. The van der Waals surface area contributed by atoms with Crippen LogP contribution >= 0.6 is 35.3 Å². The molecule has 4 heterocycles. The number of rotatable bonds is 6. The zero-order chi connectivity index (χ0) is 17.6. The maximum atomic E-state index is 5.44. The SMILES string of the molecule is C1=CCN(C2CCN(C(=NCc3cccs3)NCCc3ccco3)C2)C1.I. The lowest BCUT2D eigenvalue weighted by molar-refractivity contribution is 0.259. The molecule has 1 N–H and O–H groups in total. The molecule has 1 fully saturated rings. The van der Waals surface area contributed by atoms with Gasteiger partial charge in [-0.3, -0.25) is 4.90 Å². The first-order chi connectivity index (χ1) is 12.9. The summed E-state index contributed by atoms with van der Waals surface area (Å²) in [6.45, 7) is 5.88. The topological polar surface area (TPSA) is 44.0 Å². The van der Waals surface area contributed by atoms with E-state index in [-0.39, 0.29) is 24.0 Å². The number of likely N-dealkylation sites (tertiary alicyclic amines) is 1. The lowest BCUT2D eigenvalue weighted by atomic mass is 10.2. The monoisotopic (exact) mass is 498 g/mol. The van der Waals surface area contributed by atoms with Crippen molar-refractivity contribution >= 4 is 41.3 Å². The highest BCUT2D eigenvalue weighted by atomic mass is 127. The molecule has 2 aliphatic rings. The third kappa shape index (κ3) is 5.58. The molecular formula is C20H27IN4OS.